The van der Waals surface area contributed by atoms with Gasteiger partial charge in [0.25, 0.3) is 0 Å². The van der Waals surface area contributed by atoms with Gasteiger partial charge in [0, 0.05) is 12.1 Å². The van der Waals surface area contributed by atoms with Crippen LogP contribution in [-0.2, 0) is 4.79 Å². The maximum atomic E-state index is 12.2. The molecule has 1 unspecified atom stereocenters. The lowest BCUT2D eigenvalue weighted by molar-refractivity contribution is -0.117. The fraction of sp³-hybridized carbons (Fsp3) is 0.286. The fourth-order valence-corrected chi connectivity index (χ4v) is 1.81. The summed E-state index contributed by atoms with van der Waals surface area (Å²) >= 11 is 0. The predicted octanol–water partition coefficient (Wildman–Crippen LogP) is 1.97. The highest BCUT2D eigenvalue weighted by atomic mass is 16.5. The molecule has 3 N–H and O–H groups in total. The number of amides is 1. The fourth-order valence-electron chi connectivity index (χ4n) is 1.81. The van der Waals surface area contributed by atoms with Gasteiger partial charge in [0.1, 0.15) is 0 Å². The summed E-state index contributed by atoms with van der Waals surface area (Å²) in [4.78, 5) is 12.2. The number of rotatable bonds is 4. The van der Waals surface area contributed by atoms with E-state index in [-0.39, 0.29) is 12.5 Å². The van der Waals surface area contributed by atoms with Crippen molar-refractivity contribution in [3.05, 3.63) is 47.2 Å². The van der Waals surface area contributed by atoms with E-state index in [1.807, 2.05) is 44.2 Å². The second-order valence-electron chi connectivity index (χ2n) is 4.41. The third-order valence-electron chi connectivity index (χ3n) is 3.15. The van der Waals surface area contributed by atoms with Gasteiger partial charge in [0.2, 0.25) is 11.8 Å². The van der Waals surface area contributed by atoms with E-state index >= 15 is 0 Å². The van der Waals surface area contributed by atoms with E-state index in [0.717, 1.165) is 16.8 Å². The number of anilines is 1. The van der Waals surface area contributed by atoms with Gasteiger partial charge in [-0.05, 0) is 19.4 Å². The molecule has 100 valence electrons. The average molecular weight is 259 g/mol. The molecule has 0 saturated heterocycles. The predicted molar refractivity (Wildman–Crippen MR) is 72.8 cm³/mol. The lowest BCUT2D eigenvalue weighted by atomic mass is 9.98. The van der Waals surface area contributed by atoms with E-state index in [1.54, 1.807) is 0 Å². The molecule has 0 saturated carbocycles. The lowest BCUT2D eigenvalue weighted by Crippen LogP contribution is -2.27. The van der Waals surface area contributed by atoms with E-state index in [2.05, 4.69) is 10.5 Å². The number of nitrogens with two attached hydrogens (primary N) is 1. The Kier molecular flexibility index (Phi) is 3.97. The summed E-state index contributed by atoms with van der Waals surface area (Å²) < 4.78 is 5.07. The minimum absolute atomic E-state index is 0.187. The zero-order valence-electron chi connectivity index (χ0n) is 11.0. The first kappa shape index (κ1) is 13.3. The summed E-state index contributed by atoms with van der Waals surface area (Å²) in [6.07, 6.45) is 0. The number of nitrogens with zero attached hydrogens (tertiary/aromatic N) is 1. The Bertz CT molecular complexity index is 563. The number of carbonyl (C=O) groups excluding carboxylic acids is 1. The average Bonchev–Trinajstić information content (AvgIpc) is 2.73. The number of benzene rings is 1. The van der Waals surface area contributed by atoms with Crippen molar-refractivity contribution in [3.8, 4) is 0 Å². The molecular weight excluding hydrogens is 242 g/mol. The first-order valence-electron chi connectivity index (χ1n) is 6.12. The van der Waals surface area contributed by atoms with Gasteiger partial charge < -0.3 is 10.3 Å². The molecule has 1 heterocycles. The van der Waals surface area contributed by atoms with Gasteiger partial charge in [-0.25, -0.2) is 0 Å². The van der Waals surface area contributed by atoms with Crippen LogP contribution in [0.15, 0.2) is 34.9 Å². The molecule has 1 aromatic heterocycles. The molecule has 0 fully saturated rings. The molecule has 0 bridgehead atoms. The first-order valence-corrected chi connectivity index (χ1v) is 6.12. The Hall–Kier alpha value is -2.14. The minimum Gasteiger partial charge on any atom is -0.338 e. The third-order valence-corrected chi connectivity index (χ3v) is 3.15. The second-order valence-corrected chi connectivity index (χ2v) is 4.41. The summed E-state index contributed by atoms with van der Waals surface area (Å²) in [5.74, 6) is -0.198. The van der Waals surface area contributed by atoms with Crippen molar-refractivity contribution in [2.45, 2.75) is 19.8 Å². The van der Waals surface area contributed by atoms with Gasteiger partial charge in [-0.3, -0.25) is 10.1 Å². The molecule has 19 heavy (non-hydrogen) atoms. The Labute approximate surface area is 111 Å². The van der Waals surface area contributed by atoms with E-state index in [1.165, 1.54) is 0 Å². The molecule has 2 rings (SSSR count). The quantitative estimate of drug-likeness (QED) is 0.879. The van der Waals surface area contributed by atoms with Crippen LogP contribution in [0.1, 0.15) is 22.7 Å². The van der Waals surface area contributed by atoms with Gasteiger partial charge in [0.05, 0.1) is 11.6 Å². The Morgan fingerprint density at radius 2 is 2.05 bits per heavy atom. The summed E-state index contributed by atoms with van der Waals surface area (Å²) in [6.45, 7) is 3.91. The van der Waals surface area contributed by atoms with Gasteiger partial charge in [0.15, 0.2) is 0 Å². The largest absolute Gasteiger partial charge is 0.338 e. The number of carbonyl (C=O) groups is 1. The molecular formula is C14H17N3O2. The highest BCUT2D eigenvalue weighted by Crippen LogP contribution is 2.21. The van der Waals surface area contributed by atoms with Crippen LogP contribution in [0, 0.1) is 13.8 Å². The highest BCUT2D eigenvalue weighted by Gasteiger charge is 2.21. The maximum Gasteiger partial charge on any atom is 0.235 e. The van der Waals surface area contributed by atoms with Crippen molar-refractivity contribution < 1.29 is 9.32 Å². The van der Waals surface area contributed by atoms with Crippen LogP contribution in [0.4, 0.5) is 5.88 Å². The van der Waals surface area contributed by atoms with Crippen LogP contribution in [0.3, 0.4) is 0 Å². The van der Waals surface area contributed by atoms with Gasteiger partial charge in [-0.1, -0.05) is 35.5 Å². The second kappa shape index (κ2) is 5.67. The van der Waals surface area contributed by atoms with E-state index in [0.29, 0.717) is 5.88 Å². The Balaban J connectivity index is 2.16. The van der Waals surface area contributed by atoms with E-state index in [9.17, 15) is 4.79 Å². The van der Waals surface area contributed by atoms with Crippen LogP contribution < -0.4 is 11.1 Å². The van der Waals surface area contributed by atoms with Crippen molar-refractivity contribution >= 4 is 11.8 Å². The summed E-state index contributed by atoms with van der Waals surface area (Å²) in [6, 6.07) is 9.44. The van der Waals surface area contributed by atoms with Crippen LogP contribution in [-0.4, -0.2) is 17.6 Å². The van der Waals surface area contributed by atoms with Crippen molar-refractivity contribution in [1.82, 2.24) is 5.16 Å². The molecule has 0 aliphatic heterocycles. The Morgan fingerprint density at radius 1 is 1.37 bits per heavy atom. The van der Waals surface area contributed by atoms with Gasteiger partial charge >= 0.3 is 0 Å². The number of aromatic nitrogens is 1. The molecule has 1 atom stereocenters. The lowest BCUT2D eigenvalue weighted by Gasteiger charge is -2.14. The van der Waals surface area contributed by atoms with Crippen molar-refractivity contribution in [3.63, 3.8) is 0 Å². The van der Waals surface area contributed by atoms with Crippen molar-refractivity contribution in [1.29, 1.82) is 0 Å². The standard InChI is InChI=1S/C14H17N3O2/c1-9-10(2)17-19-14(9)16-13(18)12(8-15)11-6-4-3-5-7-11/h3-7,12H,8,15H2,1-2H3,(H,16,18). The van der Waals surface area contributed by atoms with Crippen LogP contribution >= 0.6 is 0 Å². The molecule has 2 aromatic rings. The van der Waals surface area contributed by atoms with E-state index in [4.69, 9.17) is 10.3 Å². The third kappa shape index (κ3) is 2.82. The first-order chi connectivity index (χ1) is 9.13. The molecule has 5 nitrogen and oxygen atoms in total. The van der Waals surface area contributed by atoms with Gasteiger partial charge in [-0.2, -0.15) is 0 Å². The highest BCUT2D eigenvalue weighted by molar-refractivity contribution is 5.95. The molecule has 0 aliphatic carbocycles. The summed E-state index contributed by atoms with van der Waals surface area (Å²) in [5.41, 5.74) is 8.18. The minimum atomic E-state index is -0.397. The zero-order valence-corrected chi connectivity index (χ0v) is 11.0. The van der Waals surface area contributed by atoms with E-state index < -0.39 is 5.92 Å². The molecule has 1 amide bonds. The van der Waals surface area contributed by atoms with Crippen molar-refractivity contribution in [2.24, 2.45) is 5.73 Å². The zero-order chi connectivity index (χ0) is 13.8. The van der Waals surface area contributed by atoms with Crippen LogP contribution in [0.25, 0.3) is 0 Å². The number of aryl methyl sites for hydroxylation is 1. The summed E-state index contributed by atoms with van der Waals surface area (Å²) in [7, 11) is 0. The molecule has 1 aromatic carbocycles. The number of hydrogen-bond donors (Lipinski definition) is 2. The van der Waals surface area contributed by atoms with Crippen LogP contribution in [0.2, 0.25) is 0 Å². The number of nitrogens with one attached hydrogen (secondary N) is 1. The smallest absolute Gasteiger partial charge is 0.235 e. The Morgan fingerprint density at radius 3 is 2.58 bits per heavy atom. The molecule has 0 radical (unpaired) electrons. The SMILES string of the molecule is Cc1noc(NC(=O)C(CN)c2ccccc2)c1C. The monoisotopic (exact) mass is 259 g/mol. The summed E-state index contributed by atoms with van der Waals surface area (Å²) in [5, 5.41) is 6.54. The van der Waals surface area contributed by atoms with Gasteiger partial charge in [-0.15, -0.1) is 0 Å². The van der Waals surface area contributed by atoms with Crippen molar-refractivity contribution in [2.75, 3.05) is 11.9 Å². The topological polar surface area (TPSA) is 81.2 Å². The van der Waals surface area contributed by atoms with Crippen LogP contribution in [0.5, 0.6) is 0 Å². The normalized spacial score (nSPS) is 12.2. The molecule has 0 spiro atoms. The molecule has 5 heteroatoms. The maximum absolute atomic E-state index is 12.2. The molecule has 0 aliphatic rings. The number of hydrogen-bond acceptors (Lipinski definition) is 4.